The summed E-state index contributed by atoms with van der Waals surface area (Å²) in [7, 11) is 1.63. The normalized spacial score (nSPS) is 23.0. The fourth-order valence-corrected chi connectivity index (χ4v) is 4.31. The third-order valence-corrected chi connectivity index (χ3v) is 5.92. The SMILES string of the molecule is COCCNC(=S)N[C@H]1C[C@H]2C(=O)NC[C@@H](CCC(=O)NCc3ccc(F)cc3)N2C1. The molecule has 0 saturated carbocycles. The Balaban J connectivity index is 1.44. The van der Waals surface area contributed by atoms with Crippen LogP contribution in [0, 0.1) is 5.82 Å². The van der Waals surface area contributed by atoms with E-state index in [1.165, 1.54) is 12.1 Å². The Kier molecular flexibility index (Phi) is 8.56. The van der Waals surface area contributed by atoms with Crippen molar-refractivity contribution in [2.45, 2.75) is 43.9 Å². The second-order valence-corrected chi connectivity index (χ2v) is 8.29. The van der Waals surface area contributed by atoms with Crippen molar-refractivity contribution in [1.29, 1.82) is 0 Å². The van der Waals surface area contributed by atoms with Crippen LogP contribution in [-0.4, -0.2) is 73.3 Å². The van der Waals surface area contributed by atoms with E-state index in [0.717, 1.165) is 5.56 Å². The lowest BCUT2D eigenvalue weighted by atomic mass is 10.0. The maximum atomic E-state index is 13.0. The van der Waals surface area contributed by atoms with Crippen molar-refractivity contribution in [3.63, 3.8) is 0 Å². The van der Waals surface area contributed by atoms with Crippen LogP contribution in [0.3, 0.4) is 0 Å². The molecule has 0 spiro atoms. The molecule has 0 aliphatic carbocycles. The van der Waals surface area contributed by atoms with Crippen LogP contribution in [0.2, 0.25) is 0 Å². The Hall–Kier alpha value is -2.30. The Labute approximate surface area is 187 Å². The minimum absolute atomic E-state index is 0.0274. The fraction of sp³-hybridized carbons (Fsp3) is 0.571. The van der Waals surface area contributed by atoms with Gasteiger partial charge < -0.3 is 26.0 Å². The minimum atomic E-state index is -0.297. The summed E-state index contributed by atoms with van der Waals surface area (Å²) in [5, 5.41) is 12.8. The van der Waals surface area contributed by atoms with Crippen molar-refractivity contribution in [3.05, 3.63) is 35.6 Å². The molecule has 3 atom stereocenters. The van der Waals surface area contributed by atoms with E-state index in [-0.39, 0.29) is 35.8 Å². The summed E-state index contributed by atoms with van der Waals surface area (Å²) in [4.78, 5) is 26.8. The Morgan fingerprint density at radius 2 is 2.10 bits per heavy atom. The second kappa shape index (κ2) is 11.4. The minimum Gasteiger partial charge on any atom is -0.383 e. The van der Waals surface area contributed by atoms with Gasteiger partial charge in [-0.3, -0.25) is 14.5 Å². The van der Waals surface area contributed by atoms with Crippen LogP contribution >= 0.6 is 12.2 Å². The van der Waals surface area contributed by atoms with Crippen molar-refractivity contribution in [2.75, 3.05) is 33.4 Å². The smallest absolute Gasteiger partial charge is 0.237 e. The number of hydrogen-bond donors (Lipinski definition) is 4. The third-order valence-electron chi connectivity index (χ3n) is 5.66. The summed E-state index contributed by atoms with van der Waals surface area (Å²) in [5.41, 5.74) is 0.850. The van der Waals surface area contributed by atoms with Crippen LogP contribution in [-0.2, 0) is 20.9 Å². The second-order valence-electron chi connectivity index (χ2n) is 7.88. The van der Waals surface area contributed by atoms with E-state index in [0.29, 0.717) is 57.2 Å². The monoisotopic (exact) mass is 451 g/mol. The Bertz CT molecular complexity index is 779. The molecule has 2 heterocycles. The quantitative estimate of drug-likeness (QED) is 0.316. The van der Waals surface area contributed by atoms with Gasteiger partial charge >= 0.3 is 0 Å². The average molecular weight is 452 g/mol. The molecule has 170 valence electrons. The molecule has 1 aromatic rings. The zero-order valence-electron chi connectivity index (χ0n) is 17.7. The molecule has 0 aromatic heterocycles. The number of carbonyl (C=O) groups is 2. The van der Waals surface area contributed by atoms with E-state index < -0.39 is 0 Å². The number of halogens is 1. The maximum absolute atomic E-state index is 13.0. The van der Waals surface area contributed by atoms with Gasteiger partial charge in [0.2, 0.25) is 11.8 Å². The van der Waals surface area contributed by atoms with Crippen molar-refractivity contribution in [3.8, 4) is 0 Å². The van der Waals surface area contributed by atoms with E-state index in [4.69, 9.17) is 17.0 Å². The summed E-state index contributed by atoms with van der Waals surface area (Å²) >= 11 is 5.32. The van der Waals surface area contributed by atoms with Crippen LogP contribution < -0.4 is 21.3 Å². The van der Waals surface area contributed by atoms with Gasteiger partial charge in [0.25, 0.3) is 0 Å². The molecule has 1 aromatic carbocycles. The first-order valence-electron chi connectivity index (χ1n) is 10.5. The lowest BCUT2D eigenvalue weighted by Gasteiger charge is -2.37. The number of rotatable bonds is 9. The van der Waals surface area contributed by atoms with Crippen LogP contribution in [0.1, 0.15) is 24.8 Å². The van der Waals surface area contributed by atoms with Gasteiger partial charge in [-0.05, 0) is 42.8 Å². The number of piperazine rings is 1. The van der Waals surface area contributed by atoms with E-state index in [1.807, 2.05) is 0 Å². The lowest BCUT2D eigenvalue weighted by Crippen LogP contribution is -2.58. The highest BCUT2D eigenvalue weighted by Gasteiger charge is 2.43. The molecule has 3 rings (SSSR count). The zero-order chi connectivity index (χ0) is 22.2. The summed E-state index contributed by atoms with van der Waals surface area (Å²) in [6.07, 6.45) is 1.68. The molecule has 2 aliphatic heterocycles. The molecule has 8 nitrogen and oxygen atoms in total. The summed E-state index contributed by atoms with van der Waals surface area (Å²) in [6.45, 7) is 2.79. The third kappa shape index (κ3) is 6.84. The van der Waals surface area contributed by atoms with Gasteiger partial charge in [-0.15, -0.1) is 0 Å². The maximum Gasteiger partial charge on any atom is 0.237 e. The Morgan fingerprint density at radius 3 is 2.84 bits per heavy atom. The van der Waals surface area contributed by atoms with E-state index in [2.05, 4.69) is 26.2 Å². The molecule has 0 bridgehead atoms. The van der Waals surface area contributed by atoms with E-state index >= 15 is 0 Å². The highest BCUT2D eigenvalue weighted by atomic mass is 32.1. The Morgan fingerprint density at radius 1 is 1.32 bits per heavy atom. The number of hydrogen-bond acceptors (Lipinski definition) is 5. The van der Waals surface area contributed by atoms with E-state index in [1.54, 1.807) is 19.2 Å². The first kappa shape index (κ1) is 23.4. The molecule has 2 aliphatic rings. The van der Waals surface area contributed by atoms with Gasteiger partial charge in [-0.2, -0.15) is 0 Å². The van der Waals surface area contributed by atoms with Gasteiger partial charge in [0.15, 0.2) is 5.11 Å². The van der Waals surface area contributed by atoms with Crippen LogP contribution in [0.4, 0.5) is 4.39 Å². The van der Waals surface area contributed by atoms with Gasteiger partial charge in [-0.1, -0.05) is 12.1 Å². The van der Waals surface area contributed by atoms with Gasteiger partial charge in [-0.25, -0.2) is 4.39 Å². The molecule has 2 saturated heterocycles. The van der Waals surface area contributed by atoms with Crippen LogP contribution in [0.5, 0.6) is 0 Å². The highest BCUT2D eigenvalue weighted by Crippen LogP contribution is 2.25. The number of thiocarbonyl (C=S) groups is 1. The van der Waals surface area contributed by atoms with Crippen molar-refractivity contribution in [2.24, 2.45) is 0 Å². The number of nitrogens with zero attached hydrogens (tertiary/aromatic N) is 1. The lowest BCUT2D eigenvalue weighted by molar-refractivity contribution is -0.129. The molecule has 4 N–H and O–H groups in total. The number of methoxy groups -OCH3 is 1. The summed E-state index contributed by atoms with van der Waals surface area (Å²) in [5.74, 6) is -0.330. The van der Waals surface area contributed by atoms with Crippen molar-refractivity contribution < 1.29 is 18.7 Å². The molecule has 10 heteroatoms. The number of ether oxygens (including phenoxy) is 1. The number of fused-ring (bicyclic) bond motifs is 1. The standard InChI is InChI=1S/C21H30FN5O3S/c1-30-9-8-23-21(31)26-16-10-18-20(29)25-12-17(27(18)13-16)6-7-19(28)24-11-14-2-4-15(22)5-3-14/h2-5,16-18H,6-13H2,1H3,(H,24,28)(H,25,29)(H2,23,26,31)/t16-,17+,18-/m0/s1. The summed E-state index contributed by atoms with van der Waals surface area (Å²) in [6, 6.07) is 6.03. The summed E-state index contributed by atoms with van der Waals surface area (Å²) < 4.78 is 18.0. The molecular formula is C21H30FN5O3S. The zero-order valence-corrected chi connectivity index (χ0v) is 18.5. The van der Waals surface area contributed by atoms with Gasteiger partial charge in [0.05, 0.1) is 12.6 Å². The molecule has 0 unspecified atom stereocenters. The molecular weight excluding hydrogens is 421 g/mol. The number of benzene rings is 1. The average Bonchev–Trinajstić information content (AvgIpc) is 3.17. The molecule has 0 radical (unpaired) electrons. The first-order chi connectivity index (χ1) is 15.0. The molecule has 2 amide bonds. The van der Waals surface area contributed by atoms with Crippen molar-refractivity contribution in [1.82, 2.24) is 26.2 Å². The fourth-order valence-electron chi connectivity index (χ4n) is 4.04. The predicted molar refractivity (Wildman–Crippen MR) is 119 cm³/mol. The number of nitrogens with one attached hydrogen (secondary N) is 4. The van der Waals surface area contributed by atoms with Crippen molar-refractivity contribution >= 4 is 29.1 Å². The molecule has 2 fully saturated rings. The van der Waals surface area contributed by atoms with Crippen LogP contribution in [0.25, 0.3) is 0 Å². The first-order valence-corrected chi connectivity index (χ1v) is 10.9. The predicted octanol–water partition coefficient (Wildman–Crippen LogP) is 0.274. The number of carbonyl (C=O) groups excluding carboxylic acids is 2. The van der Waals surface area contributed by atoms with Crippen LogP contribution in [0.15, 0.2) is 24.3 Å². The van der Waals surface area contributed by atoms with E-state index in [9.17, 15) is 14.0 Å². The van der Waals surface area contributed by atoms with Gasteiger partial charge in [0.1, 0.15) is 5.82 Å². The topological polar surface area (TPSA) is 94.7 Å². The number of amides is 2. The highest BCUT2D eigenvalue weighted by molar-refractivity contribution is 7.80. The van der Waals surface area contributed by atoms with Gasteiger partial charge in [0, 0.05) is 51.8 Å². The largest absolute Gasteiger partial charge is 0.383 e. The molecule has 31 heavy (non-hydrogen) atoms.